The molecule has 2 heterocycles. The van der Waals surface area contributed by atoms with Crippen molar-refractivity contribution in [1.29, 1.82) is 0 Å². The fourth-order valence-corrected chi connectivity index (χ4v) is 2.97. The van der Waals surface area contributed by atoms with Crippen LogP contribution in [-0.4, -0.2) is 10.9 Å². The predicted molar refractivity (Wildman–Crippen MR) is 98.7 cm³/mol. The topological polar surface area (TPSA) is 68.3 Å². The number of aromatic nitrogens is 1. The van der Waals surface area contributed by atoms with E-state index in [-0.39, 0.29) is 22.2 Å². The van der Waals surface area contributed by atoms with Crippen molar-refractivity contribution in [3.63, 3.8) is 0 Å². The zero-order valence-corrected chi connectivity index (χ0v) is 15.6. The fraction of sp³-hybridized carbons (Fsp3) is 0. The lowest BCUT2D eigenvalue weighted by atomic mass is 10.2. The summed E-state index contributed by atoms with van der Waals surface area (Å²) in [5, 5.41) is 2.64. The lowest BCUT2D eigenvalue weighted by molar-refractivity contribution is 0.0995. The van der Waals surface area contributed by atoms with E-state index in [1.54, 1.807) is 24.3 Å². The first-order chi connectivity index (χ1) is 12.9. The molecule has 0 saturated carbocycles. The molecule has 136 valence electrons. The van der Waals surface area contributed by atoms with Gasteiger partial charge in [-0.15, -0.1) is 0 Å². The molecular weight excluding hydrogens is 446 g/mol. The maximum absolute atomic E-state index is 13.5. The lowest BCUT2D eigenvalue weighted by Gasteiger charge is -2.02. The van der Waals surface area contributed by atoms with Crippen LogP contribution in [0.1, 0.15) is 10.6 Å². The van der Waals surface area contributed by atoms with Gasteiger partial charge in [0.1, 0.15) is 5.52 Å². The van der Waals surface area contributed by atoms with Crippen molar-refractivity contribution in [1.82, 2.24) is 4.98 Å². The van der Waals surface area contributed by atoms with Crippen molar-refractivity contribution in [2.45, 2.75) is 0 Å². The Bertz CT molecular complexity index is 1190. The molecule has 4 rings (SSSR count). The predicted octanol–water partition coefficient (Wildman–Crippen LogP) is 6.03. The highest BCUT2D eigenvalue weighted by Crippen LogP contribution is 2.32. The Morgan fingerprint density at radius 1 is 1.07 bits per heavy atom. The third kappa shape index (κ3) is 3.45. The van der Waals surface area contributed by atoms with E-state index in [0.29, 0.717) is 21.5 Å². The van der Waals surface area contributed by atoms with Gasteiger partial charge in [0.15, 0.2) is 27.6 Å². The van der Waals surface area contributed by atoms with Gasteiger partial charge in [0.2, 0.25) is 5.89 Å². The first kappa shape index (κ1) is 17.7. The minimum absolute atomic E-state index is 0.0302. The highest BCUT2D eigenvalue weighted by molar-refractivity contribution is 9.10. The van der Waals surface area contributed by atoms with Crippen LogP contribution in [0.25, 0.3) is 22.6 Å². The maximum atomic E-state index is 13.5. The average Bonchev–Trinajstić information content (AvgIpc) is 3.23. The smallest absolute Gasteiger partial charge is 0.291 e. The second kappa shape index (κ2) is 6.79. The molecule has 0 saturated heterocycles. The van der Waals surface area contributed by atoms with E-state index < -0.39 is 17.5 Å². The lowest BCUT2D eigenvalue weighted by Crippen LogP contribution is -2.10. The molecule has 0 aliphatic rings. The highest BCUT2D eigenvalue weighted by Gasteiger charge is 2.17. The van der Waals surface area contributed by atoms with Crippen LogP contribution in [0.5, 0.6) is 0 Å². The van der Waals surface area contributed by atoms with Crippen LogP contribution in [0.15, 0.2) is 56.0 Å². The summed E-state index contributed by atoms with van der Waals surface area (Å²) in [4.78, 5) is 16.4. The maximum Gasteiger partial charge on any atom is 0.291 e. The monoisotopic (exact) mass is 452 g/mol. The number of hydrogen-bond donors (Lipinski definition) is 1. The number of rotatable bonds is 3. The molecule has 4 aromatic rings. The van der Waals surface area contributed by atoms with Gasteiger partial charge in [-0.25, -0.2) is 13.8 Å². The molecule has 0 fully saturated rings. The number of amides is 1. The molecule has 9 heteroatoms. The van der Waals surface area contributed by atoms with Gasteiger partial charge in [-0.1, -0.05) is 11.6 Å². The zero-order chi connectivity index (χ0) is 19.1. The van der Waals surface area contributed by atoms with Crippen LogP contribution in [0.4, 0.5) is 14.5 Å². The number of benzene rings is 2. The summed E-state index contributed by atoms with van der Waals surface area (Å²) in [6.45, 7) is 0. The molecule has 0 radical (unpaired) electrons. The summed E-state index contributed by atoms with van der Waals surface area (Å²) in [5.41, 5.74) is 1.38. The number of halogens is 4. The fourth-order valence-electron chi connectivity index (χ4n) is 2.44. The number of carbonyl (C=O) groups is 1. The minimum Gasteiger partial charge on any atom is -0.444 e. The van der Waals surface area contributed by atoms with Crippen molar-refractivity contribution < 1.29 is 22.4 Å². The first-order valence-corrected chi connectivity index (χ1v) is 8.70. The van der Waals surface area contributed by atoms with Gasteiger partial charge in [-0.3, -0.25) is 4.79 Å². The number of hydrogen-bond acceptors (Lipinski definition) is 4. The van der Waals surface area contributed by atoms with E-state index in [9.17, 15) is 13.6 Å². The number of nitrogens with one attached hydrogen (secondary N) is 1. The number of anilines is 1. The Kier molecular flexibility index (Phi) is 4.45. The molecule has 0 unspecified atom stereocenters. The second-order valence-electron chi connectivity index (χ2n) is 5.51. The Morgan fingerprint density at radius 2 is 1.85 bits per heavy atom. The van der Waals surface area contributed by atoms with Crippen LogP contribution < -0.4 is 5.32 Å². The highest BCUT2D eigenvalue weighted by atomic mass is 79.9. The van der Waals surface area contributed by atoms with E-state index >= 15 is 0 Å². The van der Waals surface area contributed by atoms with Crippen molar-refractivity contribution >= 4 is 50.2 Å². The molecule has 1 amide bonds. The molecule has 27 heavy (non-hydrogen) atoms. The zero-order valence-electron chi connectivity index (χ0n) is 13.2. The van der Waals surface area contributed by atoms with Gasteiger partial charge in [-0.05, 0) is 58.4 Å². The van der Waals surface area contributed by atoms with E-state index in [1.807, 2.05) is 0 Å². The van der Waals surface area contributed by atoms with E-state index in [2.05, 4.69) is 26.2 Å². The summed E-state index contributed by atoms with van der Waals surface area (Å²) in [7, 11) is 0. The van der Waals surface area contributed by atoms with Crippen molar-refractivity contribution in [3.05, 3.63) is 69.6 Å². The Hall–Kier alpha value is -2.71. The number of nitrogens with zero attached hydrogens (tertiary/aromatic N) is 1. The van der Waals surface area contributed by atoms with Crippen LogP contribution in [-0.2, 0) is 0 Å². The van der Waals surface area contributed by atoms with Crippen LogP contribution in [0.3, 0.4) is 0 Å². The summed E-state index contributed by atoms with van der Waals surface area (Å²) in [5.74, 6) is -2.39. The quantitative estimate of drug-likeness (QED) is 0.384. The molecule has 0 aliphatic heterocycles. The number of carbonyl (C=O) groups excluding carboxylic acids is 1. The van der Waals surface area contributed by atoms with Gasteiger partial charge in [-0.2, -0.15) is 0 Å². The Morgan fingerprint density at radius 3 is 2.59 bits per heavy atom. The Balaban J connectivity index is 1.66. The van der Waals surface area contributed by atoms with Crippen molar-refractivity contribution in [3.8, 4) is 11.5 Å². The van der Waals surface area contributed by atoms with E-state index in [4.69, 9.17) is 20.4 Å². The largest absolute Gasteiger partial charge is 0.444 e. The van der Waals surface area contributed by atoms with Gasteiger partial charge in [0.25, 0.3) is 5.91 Å². The average molecular weight is 454 g/mol. The minimum atomic E-state index is -1.06. The Labute approximate surface area is 164 Å². The third-order valence-corrected chi connectivity index (χ3v) is 4.42. The number of fused-ring (bicyclic) bond motifs is 1. The molecule has 0 atom stereocenters. The molecule has 2 aromatic heterocycles. The van der Waals surface area contributed by atoms with Crippen LogP contribution >= 0.6 is 27.5 Å². The first-order valence-electron chi connectivity index (χ1n) is 7.53. The second-order valence-corrected chi connectivity index (χ2v) is 6.69. The normalized spacial score (nSPS) is 11.1. The molecule has 5 nitrogen and oxygen atoms in total. The van der Waals surface area contributed by atoms with Gasteiger partial charge in [0.05, 0.1) is 10.6 Å². The standard InChI is InChI=1S/C18H8BrClF2N2O3/c19-16-4-3-15(26-16)17(25)23-8-1-2-14-13(5-8)24-18(27-14)9-6-11(21)12(22)7-10(9)20/h1-7H,(H,23,25). The molecular formula is C18H8BrClF2N2O3. The van der Waals surface area contributed by atoms with Gasteiger partial charge < -0.3 is 14.2 Å². The van der Waals surface area contributed by atoms with Crippen LogP contribution in [0.2, 0.25) is 5.02 Å². The van der Waals surface area contributed by atoms with Crippen molar-refractivity contribution in [2.75, 3.05) is 5.32 Å². The van der Waals surface area contributed by atoms with Crippen LogP contribution in [0, 0.1) is 11.6 Å². The van der Waals surface area contributed by atoms with E-state index in [1.165, 1.54) is 6.07 Å². The molecule has 0 bridgehead atoms. The summed E-state index contributed by atoms with van der Waals surface area (Å²) in [6, 6.07) is 9.68. The summed E-state index contributed by atoms with van der Waals surface area (Å²) < 4.78 is 37.9. The molecule has 2 aromatic carbocycles. The van der Waals surface area contributed by atoms with Gasteiger partial charge in [0, 0.05) is 5.69 Å². The molecule has 0 spiro atoms. The number of furan rings is 1. The number of oxazole rings is 1. The summed E-state index contributed by atoms with van der Waals surface area (Å²) in [6.07, 6.45) is 0. The van der Waals surface area contributed by atoms with E-state index in [0.717, 1.165) is 12.1 Å². The molecule has 0 aliphatic carbocycles. The molecule has 1 N–H and O–H groups in total. The van der Waals surface area contributed by atoms with Gasteiger partial charge >= 0.3 is 0 Å². The van der Waals surface area contributed by atoms with Crippen molar-refractivity contribution in [2.24, 2.45) is 0 Å². The SMILES string of the molecule is O=C(Nc1ccc2oc(-c3cc(F)c(F)cc3Cl)nc2c1)c1ccc(Br)o1. The third-order valence-electron chi connectivity index (χ3n) is 3.68. The summed E-state index contributed by atoms with van der Waals surface area (Å²) >= 11 is 9.08.